The van der Waals surface area contributed by atoms with Gasteiger partial charge in [0.25, 0.3) is 0 Å². The second-order valence-electron chi connectivity index (χ2n) is 2.64. The van der Waals surface area contributed by atoms with Gasteiger partial charge in [-0.25, -0.2) is 0 Å². The van der Waals surface area contributed by atoms with Crippen LogP contribution in [0.4, 0.5) is 0 Å². The average Bonchev–Trinajstić information content (AvgIpc) is 1.86. The molecule has 0 spiro atoms. The SMILES string of the molecule is CC=CCOC(=O)C(C)(C)Br. The lowest BCUT2D eigenvalue weighted by Crippen LogP contribution is -2.26. The minimum Gasteiger partial charge on any atom is -0.460 e. The summed E-state index contributed by atoms with van der Waals surface area (Å²) in [7, 11) is 0. The van der Waals surface area contributed by atoms with Crippen LogP contribution in [0.1, 0.15) is 20.8 Å². The third-order valence-corrected chi connectivity index (χ3v) is 1.36. The monoisotopic (exact) mass is 220 g/mol. The molecule has 0 radical (unpaired) electrons. The summed E-state index contributed by atoms with van der Waals surface area (Å²) in [6.07, 6.45) is 3.63. The molecule has 0 N–H and O–H groups in total. The Kier molecular flexibility index (Phi) is 4.42. The molecule has 0 amide bonds. The zero-order valence-corrected chi connectivity index (χ0v) is 8.64. The molecule has 0 fully saturated rings. The van der Waals surface area contributed by atoms with Crippen molar-refractivity contribution in [3.63, 3.8) is 0 Å². The van der Waals surface area contributed by atoms with Crippen molar-refractivity contribution in [3.05, 3.63) is 12.2 Å². The highest BCUT2D eigenvalue weighted by Gasteiger charge is 2.24. The molecule has 64 valence electrons. The number of ether oxygens (including phenoxy) is 1. The maximum Gasteiger partial charge on any atom is 0.322 e. The number of carbonyl (C=O) groups excluding carboxylic acids is 1. The standard InChI is InChI=1S/C8H13BrO2/c1-4-5-6-11-7(10)8(2,3)9/h4-5H,6H2,1-3H3. The van der Waals surface area contributed by atoms with Crippen molar-refractivity contribution in [2.75, 3.05) is 6.61 Å². The van der Waals surface area contributed by atoms with Crippen molar-refractivity contribution in [1.82, 2.24) is 0 Å². The van der Waals surface area contributed by atoms with E-state index in [9.17, 15) is 4.79 Å². The fourth-order valence-corrected chi connectivity index (χ4v) is 0.506. The Morgan fingerprint density at radius 3 is 2.55 bits per heavy atom. The van der Waals surface area contributed by atoms with Crippen LogP contribution in [0.5, 0.6) is 0 Å². The maximum atomic E-state index is 11.0. The summed E-state index contributed by atoms with van der Waals surface area (Å²) < 4.78 is 4.30. The van der Waals surface area contributed by atoms with Gasteiger partial charge in [0.2, 0.25) is 0 Å². The van der Waals surface area contributed by atoms with Crippen molar-refractivity contribution in [2.24, 2.45) is 0 Å². The zero-order chi connectivity index (χ0) is 8.91. The third-order valence-electron chi connectivity index (χ3n) is 1.03. The summed E-state index contributed by atoms with van der Waals surface area (Å²) in [5.74, 6) is -0.240. The predicted molar refractivity (Wildman–Crippen MR) is 48.8 cm³/mol. The quantitative estimate of drug-likeness (QED) is 0.415. The molecule has 0 aromatic carbocycles. The fraction of sp³-hybridized carbons (Fsp3) is 0.625. The van der Waals surface area contributed by atoms with Crippen molar-refractivity contribution >= 4 is 21.9 Å². The summed E-state index contributed by atoms with van der Waals surface area (Å²) in [6, 6.07) is 0. The van der Waals surface area contributed by atoms with Crippen LogP contribution in [-0.2, 0) is 9.53 Å². The van der Waals surface area contributed by atoms with Gasteiger partial charge in [0.15, 0.2) is 0 Å². The normalized spacial score (nSPS) is 12.0. The van der Waals surface area contributed by atoms with Crippen molar-refractivity contribution in [3.8, 4) is 0 Å². The Bertz CT molecular complexity index is 156. The smallest absolute Gasteiger partial charge is 0.322 e. The lowest BCUT2D eigenvalue weighted by Gasteiger charge is -2.13. The summed E-state index contributed by atoms with van der Waals surface area (Å²) in [4.78, 5) is 11.0. The van der Waals surface area contributed by atoms with Crippen molar-refractivity contribution in [2.45, 2.75) is 25.1 Å². The highest BCUT2D eigenvalue weighted by atomic mass is 79.9. The molecule has 0 aliphatic carbocycles. The van der Waals surface area contributed by atoms with E-state index in [1.165, 1.54) is 0 Å². The molecule has 0 bridgehead atoms. The highest BCUT2D eigenvalue weighted by molar-refractivity contribution is 9.10. The van der Waals surface area contributed by atoms with Crippen LogP contribution < -0.4 is 0 Å². The number of allylic oxidation sites excluding steroid dienone is 1. The second kappa shape index (κ2) is 4.54. The Morgan fingerprint density at radius 2 is 2.18 bits per heavy atom. The third kappa shape index (κ3) is 5.01. The van der Waals surface area contributed by atoms with Crippen molar-refractivity contribution < 1.29 is 9.53 Å². The van der Waals surface area contributed by atoms with Gasteiger partial charge in [-0.3, -0.25) is 4.79 Å². The number of esters is 1. The predicted octanol–water partition coefficient (Wildman–Crippen LogP) is 2.28. The zero-order valence-electron chi connectivity index (χ0n) is 7.06. The molecule has 0 saturated heterocycles. The van der Waals surface area contributed by atoms with Crippen LogP contribution in [0.25, 0.3) is 0 Å². The van der Waals surface area contributed by atoms with Gasteiger partial charge in [-0.15, -0.1) is 0 Å². The Balaban J connectivity index is 3.71. The van der Waals surface area contributed by atoms with Crippen LogP contribution in [0.3, 0.4) is 0 Å². The Morgan fingerprint density at radius 1 is 1.64 bits per heavy atom. The van der Waals surface area contributed by atoms with Crippen LogP contribution >= 0.6 is 15.9 Å². The van der Waals surface area contributed by atoms with Crippen molar-refractivity contribution in [1.29, 1.82) is 0 Å². The minimum absolute atomic E-state index is 0.240. The summed E-state index contributed by atoms with van der Waals surface area (Å²) in [5.41, 5.74) is 0. The number of hydrogen-bond acceptors (Lipinski definition) is 2. The van der Waals surface area contributed by atoms with Gasteiger partial charge < -0.3 is 4.74 Å². The molecular formula is C8H13BrO2. The number of alkyl halides is 1. The van der Waals surface area contributed by atoms with Gasteiger partial charge in [0.05, 0.1) is 0 Å². The molecule has 0 rings (SSSR count). The molecule has 2 nitrogen and oxygen atoms in total. The first kappa shape index (κ1) is 10.7. The number of carbonyl (C=O) groups is 1. The van der Waals surface area contributed by atoms with Crippen LogP contribution in [0.2, 0.25) is 0 Å². The van der Waals surface area contributed by atoms with Crippen LogP contribution in [0.15, 0.2) is 12.2 Å². The first-order valence-electron chi connectivity index (χ1n) is 3.45. The fourth-order valence-electron chi connectivity index (χ4n) is 0.392. The first-order valence-corrected chi connectivity index (χ1v) is 4.25. The van der Waals surface area contributed by atoms with E-state index in [4.69, 9.17) is 4.74 Å². The van der Waals surface area contributed by atoms with Gasteiger partial charge in [-0.2, -0.15) is 0 Å². The molecule has 0 aromatic rings. The van der Waals surface area contributed by atoms with E-state index in [0.29, 0.717) is 6.61 Å². The maximum absolute atomic E-state index is 11.0. The first-order chi connectivity index (χ1) is 4.98. The second-order valence-corrected chi connectivity index (χ2v) is 4.62. The molecule has 0 heterocycles. The van der Waals surface area contributed by atoms with E-state index < -0.39 is 4.32 Å². The lowest BCUT2D eigenvalue weighted by atomic mass is 10.2. The van der Waals surface area contributed by atoms with Crippen LogP contribution in [-0.4, -0.2) is 16.9 Å². The molecule has 11 heavy (non-hydrogen) atoms. The highest BCUT2D eigenvalue weighted by Crippen LogP contribution is 2.17. The molecule has 0 atom stereocenters. The number of halogens is 1. The summed E-state index contributed by atoms with van der Waals surface area (Å²) >= 11 is 3.20. The Hall–Kier alpha value is -0.310. The molecular weight excluding hydrogens is 208 g/mol. The largest absolute Gasteiger partial charge is 0.460 e. The van der Waals surface area contributed by atoms with Gasteiger partial charge in [-0.1, -0.05) is 28.1 Å². The van der Waals surface area contributed by atoms with E-state index in [1.54, 1.807) is 19.9 Å². The Labute approximate surface area is 75.7 Å². The van der Waals surface area contributed by atoms with E-state index in [2.05, 4.69) is 15.9 Å². The number of hydrogen-bond donors (Lipinski definition) is 0. The van der Waals surface area contributed by atoms with E-state index in [0.717, 1.165) is 0 Å². The molecule has 0 saturated carbocycles. The van der Waals surface area contributed by atoms with E-state index in [-0.39, 0.29) is 5.97 Å². The molecule has 0 aromatic heterocycles. The number of rotatable bonds is 3. The van der Waals surface area contributed by atoms with E-state index in [1.807, 2.05) is 13.0 Å². The molecule has 0 aliphatic heterocycles. The summed E-state index contributed by atoms with van der Waals surface area (Å²) in [5, 5.41) is 0. The lowest BCUT2D eigenvalue weighted by molar-refractivity contribution is -0.144. The topological polar surface area (TPSA) is 26.3 Å². The molecule has 0 unspecified atom stereocenters. The van der Waals surface area contributed by atoms with E-state index >= 15 is 0 Å². The van der Waals surface area contributed by atoms with Gasteiger partial charge in [0.1, 0.15) is 10.9 Å². The van der Waals surface area contributed by atoms with Gasteiger partial charge >= 0.3 is 5.97 Å². The van der Waals surface area contributed by atoms with Gasteiger partial charge in [-0.05, 0) is 20.8 Å². The molecule has 3 heteroatoms. The average molecular weight is 221 g/mol. The minimum atomic E-state index is -0.575. The summed E-state index contributed by atoms with van der Waals surface area (Å²) in [6.45, 7) is 5.74. The molecule has 0 aliphatic rings. The van der Waals surface area contributed by atoms with Crippen LogP contribution in [0, 0.1) is 0 Å². The van der Waals surface area contributed by atoms with Gasteiger partial charge in [0, 0.05) is 0 Å².